The van der Waals surface area contributed by atoms with Crippen LogP contribution in [-0.4, -0.2) is 11.7 Å². The van der Waals surface area contributed by atoms with E-state index in [-0.39, 0.29) is 12.0 Å². The highest BCUT2D eigenvalue weighted by Gasteiger charge is 2.24. The summed E-state index contributed by atoms with van der Waals surface area (Å²) < 4.78 is 21.5. The lowest BCUT2D eigenvalue weighted by Crippen LogP contribution is -2.01. The van der Waals surface area contributed by atoms with E-state index in [4.69, 9.17) is 4.74 Å². The van der Waals surface area contributed by atoms with Crippen LogP contribution in [0.1, 0.15) is 31.0 Å². The Morgan fingerprint density at radius 1 is 1.32 bits per heavy atom. The molecule has 4 heteroatoms. The predicted octanol–water partition coefficient (Wildman–Crippen LogP) is 3.85. The lowest BCUT2D eigenvalue weighted by molar-refractivity contribution is 0.391. The van der Waals surface area contributed by atoms with Gasteiger partial charge >= 0.3 is 0 Å². The zero-order valence-electron chi connectivity index (χ0n) is 11.6. The van der Waals surface area contributed by atoms with Crippen LogP contribution in [0.3, 0.4) is 0 Å². The van der Waals surface area contributed by atoms with E-state index >= 15 is 0 Å². The molecule has 0 fully saturated rings. The van der Waals surface area contributed by atoms with Crippen molar-refractivity contribution in [1.29, 1.82) is 0 Å². The minimum Gasteiger partial charge on any atom is -0.493 e. The Hall–Kier alpha value is -1.55. The lowest BCUT2D eigenvalue weighted by Gasteiger charge is -2.09. The van der Waals surface area contributed by atoms with Crippen LogP contribution in [0.4, 0.5) is 4.39 Å². The van der Waals surface area contributed by atoms with E-state index in [1.165, 1.54) is 23.7 Å². The van der Waals surface area contributed by atoms with Crippen molar-refractivity contribution in [2.24, 2.45) is 0 Å². The van der Waals surface area contributed by atoms with Gasteiger partial charge in [-0.15, -0.1) is 0 Å². The summed E-state index contributed by atoms with van der Waals surface area (Å²) >= 11 is 0. The lowest BCUT2D eigenvalue weighted by atomic mass is 10.1. The topological polar surface area (TPSA) is 49.2 Å². The number of hydrogen-bond donors (Lipinski definition) is 1. The summed E-state index contributed by atoms with van der Waals surface area (Å²) in [7, 11) is 1.55. The molecule has 0 bridgehead atoms. The molecular weight excluding hydrogens is 243 g/mol. The number of nitrogens with zero attached hydrogens (tertiary/aromatic N) is 1. The Bertz CT molecular complexity index is 604. The molecule has 0 radical (unpaired) electrons. The van der Waals surface area contributed by atoms with E-state index in [9.17, 15) is 4.39 Å². The second-order valence-electron chi connectivity index (χ2n) is 4.91. The Morgan fingerprint density at radius 3 is 2.79 bits per heavy atom. The molecule has 0 atom stereocenters. The summed E-state index contributed by atoms with van der Waals surface area (Å²) in [6.45, 7) is 3.18. The van der Waals surface area contributed by atoms with Crippen molar-refractivity contribution in [1.82, 2.24) is 10.7 Å². The first-order valence-electron chi connectivity index (χ1n) is 6.64. The van der Waals surface area contributed by atoms with Gasteiger partial charge in [-0.25, -0.2) is 4.39 Å². The van der Waals surface area contributed by atoms with E-state index in [1.807, 2.05) is 6.07 Å². The summed E-state index contributed by atoms with van der Waals surface area (Å²) in [5, 5.41) is 0.999. The van der Waals surface area contributed by atoms with Crippen LogP contribution in [0.5, 0.6) is 5.75 Å². The molecule has 1 aromatic heterocycles. The van der Waals surface area contributed by atoms with Crippen molar-refractivity contribution >= 4 is 10.9 Å². The molecule has 0 saturated heterocycles. The molecule has 19 heavy (non-hydrogen) atoms. The number of ether oxygens (including phenoxy) is 1. The molecular formula is C15H21FN2O. The zero-order chi connectivity index (χ0) is 12.7. The van der Waals surface area contributed by atoms with Gasteiger partial charge in [0.25, 0.3) is 0 Å². The molecule has 3 N–H and O–H groups in total. The van der Waals surface area contributed by atoms with Gasteiger partial charge in [0.1, 0.15) is 0 Å². The first kappa shape index (κ1) is 13.9. The van der Waals surface area contributed by atoms with E-state index in [0.29, 0.717) is 5.75 Å². The van der Waals surface area contributed by atoms with Gasteiger partial charge in [0, 0.05) is 17.6 Å². The maximum atomic E-state index is 13.8. The van der Waals surface area contributed by atoms with Gasteiger partial charge in [-0.2, -0.15) is 0 Å². The monoisotopic (exact) mass is 264 g/mol. The SMILES string of the molecule is CCCn1c2c(c3c(OC)c(F)ccc31)CCC2.N. The number of halogens is 1. The van der Waals surface area contributed by atoms with Crippen molar-refractivity contribution in [2.75, 3.05) is 7.11 Å². The van der Waals surface area contributed by atoms with Gasteiger partial charge in [0.05, 0.1) is 12.6 Å². The number of fused-ring (bicyclic) bond motifs is 3. The maximum Gasteiger partial charge on any atom is 0.165 e. The quantitative estimate of drug-likeness (QED) is 0.915. The van der Waals surface area contributed by atoms with Crippen LogP contribution in [0.15, 0.2) is 12.1 Å². The van der Waals surface area contributed by atoms with E-state index in [2.05, 4.69) is 11.5 Å². The third-order valence-corrected chi connectivity index (χ3v) is 3.85. The number of aromatic nitrogens is 1. The van der Waals surface area contributed by atoms with Crippen LogP contribution in [0, 0.1) is 5.82 Å². The van der Waals surface area contributed by atoms with Gasteiger partial charge in [0.15, 0.2) is 11.6 Å². The third kappa shape index (κ3) is 1.91. The van der Waals surface area contributed by atoms with Crippen molar-refractivity contribution in [3.63, 3.8) is 0 Å². The Kier molecular flexibility index (Phi) is 3.80. The summed E-state index contributed by atoms with van der Waals surface area (Å²) in [4.78, 5) is 0. The predicted molar refractivity (Wildman–Crippen MR) is 75.8 cm³/mol. The third-order valence-electron chi connectivity index (χ3n) is 3.85. The van der Waals surface area contributed by atoms with Crippen molar-refractivity contribution < 1.29 is 9.13 Å². The van der Waals surface area contributed by atoms with E-state index in [1.54, 1.807) is 7.11 Å². The molecule has 3 rings (SSSR count). The number of rotatable bonds is 3. The Labute approximate surface area is 112 Å². The van der Waals surface area contributed by atoms with Gasteiger partial charge in [-0.05, 0) is 43.4 Å². The molecule has 3 nitrogen and oxygen atoms in total. The standard InChI is InChI=1S/C15H18FNO.H3N/c1-3-9-17-12-6-4-5-10(12)14-13(17)8-7-11(16)15(14)18-2;/h7-8H,3-6,9H2,1-2H3;1H3. The Balaban J connectivity index is 0.00000133. The minimum absolute atomic E-state index is 0. The highest BCUT2D eigenvalue weighted by atomic mass is 19.1. The number of hydrogen-bond acceptors (Lipinski definition) is 2. The molecule has 0 unspecified atom stereocenters. The largest absolute Gasteiger partial charge is 0.493 e. The van der Waals surface area contributed by atoms with Crippen LogP contribution in [0.25, 0.3) is 10.9 Å². The summed E-state index contributed by atoms with van der Waals surface area (Å²) in [5.41, 5.74) is 3.81. The molecule has 0 spiro atoms. The van der Waals surface area contributed by atoms with E-state index < -0.39 is 0 Å². The number of aryl methyl sites for hydroxylation is 2. The summed E-state index contributed by atoms with van der Waals surface area (Å²) in [6, 6.07) is 3.41. The molecule has 1 aliphatic carbocycles. The van der Waals surface area contributed by atoms with Crippen LogP contribution in [-0.2, 0) is 19.4 Å². The van der Waals surface area contributed by atoms with Crippen molar-refractivity contribution in [3.8, 4) is 5.75 Å². The van der Waals surface area contributed by atoms with Crippen LogP contribution < -0.4 is 10.9 Å². The number of methoxy groups -OCH3 is 1. The molecule has 1 aromatic carbocycles. The average Bonchev–Trinajstić information content (AvgIpc) is 2.93. The molecule has 104 valence electrons. The molecule has 1 aliphatic rings. The highest BCUT2D eigenvalue weighted by Crippen LogP contribution is 2.39. The first-order chi connectivity index (χ1) is 8.77. The molecule has 0 aliphatic heterocycles. The normalized spacial score (nSPS) is 13.4. The second-order valence-corrected chi connectivity index (χ2v) is 4.91. The van der Waals surface area contributed by atoms with Gasteiger partial charge < -0.3 is 15.5 Å². The first-order valence-corrected chi connectivity index (χ1v) is 6.64. The van der Waals surface area contributed by atoms with Crippen molar-refractivity contribution in [3.05, 3.63) is 29.2 Å². The van der Waals surface area contributed by atoms with E-state index in [0.717, 1.165) is 36.7 Å². The van der Waals surface area contributed by atoms with Gasteiger partial charge in [0.2, 0.25) is 0 Å². The fourth-order valence-electron chi connectivity index (χ4n) is 3.18. The molecule has 0 saturated carbocycles. The smallest absolute Gasteiger partial charge is 0.165 e. The molecule has 1 heterocycles. The maximum absolute atomic E-state index is 13.8. The van der Waals surface area contributed by atoms with Crippen molar-refractivity contribution in [2.45, 2.75) is 39.2 Å². The van der Waals surface area contributed by atoms with Crippen LogP contribution in [0.2, 0.25) is 0 Å². The fourth-order valence-corrected chi connectivity index (χ4v) is 3.18. The zero-order valence-corrected chi connectivity index (χ0v) is 11.6. The molecule has 0 amide bonds. The second kappa shape index (κ2) is 5.21. The Morgan fingerprint density at radius 2 is 2.11 bits per heavy atom. The summed E-state index contributed by atoms with van der Waals surface area (Å²) in [6.07, 6.45) is 4.41. The highest BCUT2D eigenvalue weighted by molar-refractivity contribution is 5.92. The van der Waals surface area contributed by atoms with Crippen LogP contribution >= 0.6 is 0 Å². The average molecular weight is 264 g/mol. The van der Waals surface area contributed by atoms with Gasteiger partial charge in [-0.3, -0.25) is 0 Å². The fraction of sp³-hybridized carbons (Fsp3) is 0.467. The number of benzene rings is 1. The van der Waals surface area contributed by atoms with Gasteiger partial charge in [-0.1, -0.05) is 6.92 Å². The molecule has 2 aromatic rings. The minimum atomic E-state index is -0.256. The summed E-state index contributed by atoms with van der Waals surface area (Å²) in [5.74, 6) is 0.161.